The number of hydrogen-bond donors (Lipinski definition) is 1. The predicted octanol–water partition coefficient (Wildman–Crippen LogP) is 0.646. The Morgan fingerprint density at radius 1 is 1.62 bits per heavy atom. The topological polar surface area (TPSA) is 63.6 Å². The zero-order valence-electron chi connectivity index (χ0n) is 4.53. The molecule has 0 saturated carbocycles. The zero-order chi connectivity index (χ0) is 6.83. The van der Waals surface area contributed by atoms with Crippen molar-refractivity contribution in [1.29, 1.82) is 0 Å². The van der Waals surface area contributed by atoms with Crippen LogP contribution in [0.2, 0.25) is 0 Å². The Morgan fingerprint density at radius 2 is 2.00 bits per heavy atom. The molecule has 0 unspecified atom stereocenters. The van der Waals surface area contributed by atoms with Gasteiger partial charge in [-0.2, -0.15) is 0 Å². The van der Waals surface area contributed by atoms with Crippen molar-refractivity contribution >= 4 is 0 Å². The monoisotopic (exact) mass is 159 g/mol. The van der Waals surface area contributed by atoms with Crippen LogP contribution in [0.4, 0.5) is 0 Å². The summed E-state index contributed by atoms with van der Waals surface area (Å²) in [6.45, 7) is 2.37. The van der Waals surface area contributed by atoms with Gasteiger partial charge in [-0.1, -0.05) is 6.92 Å². The van der Waals surface area contributed by atoms with Crippen molar-refractivity contribution in [2.24, 2.45) is 0 Å². The van der Waals surface area contributed by atoms with Gasteiger partial charge in [0, 0.05) is 0 Å². The van der Waals surface area contributed by atoms with Gasteiger partial charge < -0.3 is 0 Å². The van der Waals surface area contributed by atoms with Crippen molar-refractivity contribution in [3.63, 3.8) is 0 Å². The normalized spacial score (nSPS) is 6.25. The van der Waals surface area contributed by atoms with E-state index in [4.69, 9.17) is 12.6 Å². The molecule has 0 bridgehead atoms. The predicted molar refractivity (Wildman–Crippen MR) is 20.2 cm³/mol. The molecule has 0 aromatic rings. The van der Waals surface area contributed by atoms with Gasteiger partial charge in [0.25, 0.3) is 0 Å². The van der Waals surface area contributed by atoms with E-state index in [9.17, 15) is 0 Å². The van der Waals surface area contributed by atoms with Crippen LogP contribution in [-0.2, 0) is 28.4 Å². The van der Waals surface area contributed by atoms with Gasteiger partial charge in [0.1, 0.15) is 0 Å². The Bertz CT molecular complexity index is 56.3. The third-order valence-corrected chi connectivity index (χ3v) is 0.295. The van der Waals surface area contributed by atoms with Gasteiger partial charge in [-0.3, -0.25) is 5.26 Å². The van der Waals surface area contributed by atoms with Crippen LogP contribution in [0.1, 0.15) is 13.3 Å². The molecule has 0 atom stereocenters. The van der Waals surface area contributed by atoms with E-state index in [2.05, 4.69) is 4.89 Å². The molecule has 0 rings (SSSR count). The van der Waals surface area contributed by atoms with Crippen molar-refractivity contribution in [3.05, 3.63) is 0 Å². The number of hydrogen-bond acceptors (Lipinski definition) is 4. The van der Waals surface area contributed by atoms with Gasteiger partial charge in [-0.05, 0) is 6.42 Å². The van der Waals surface area contributed by atoms with Crippen LogP contribution in [0.5, 0.6) is 0 Å². The Balaban J connectivity index is 0. The Kier molecular flexibility index (Phi) is 21.6. The van der Waals surface area contributed by atoms with Crippen molar-refractivity contribution in [1.82, 2.24) is 0 Å². The molecule has 8 heavy (non-hydrogen) atoms. The Labute approximate surface area is 54.3 Å². The molecule has 0 aliphatic heterocycles. The third-order valence-electron chi connectivity index (χ3n) is 0.295. The van der Waals surface area contributed by atoms with E-state index in [0.717, 1.165) is 6.42 Å². The van der Waals surface area contributed by atoms with Crippen LogP contribution in [0.3, 0.4) is 0 Å². The summed E-state index contributed by atoms with van der Waals surface area (Å²) in [5.74, 6) is 0. The molecule has 0 aromatic heterocycles. The van der Waals surface area contributed by atoms with Gasteiger partial charge in [-0.25, -0.2) is 4.89 Å². The average molecular weight is 159 g/mol. The summed E-state index contributed by atoms with van der Waals surface area (Å²) in [7, 11) is 0. The second kappa shape index (κ2) is 15.7. The Hall–Kier alpha value is 0.104. The van der Waals surface area contributed by atoms with Crippen LogP contribution < -0.4 is 0 Å². The van der Waals surface area contributed by atoms with E-state index in [-0.39, 0.29) is 0 Å². The quantitative estimate of drug-likeness (QED) is 0.474. The van der Waals surface area contributed by atoms with Crippen molar-refractivity contribution in [2.45, 2.75) is 13.3 Å². The standard InChI is InChI=1S/C3H8O2.2O.V/c1-2-3-5-4;;;/h4H,2-3H2,1H3;;;. The summed E-state index contributed by atoms with van der Waals surface area (Å²) in [6, 6.07) is 0. The van der Waals surface area contributed by atoms with Crippen LogP contribution in [0.15, 0.2) is 0 Å². The molecule has 0 amide bonds. The van der Waals surface area contributed by atoms with E-state index < -0.39 is 16.2 Å². The molecule has 4 nitrogen and oxygen atoms in total. The summed E-state index contributed by atoms with van der Waals surface area (Å²) in [5.41, 5.74) is 0. The second-order valence-corrected chi connectivity index (χ2v) is 1.14. The minimum absolute atomic E-state index is 0.444. The molecule has 0 fully saturated rings. The summed E-state index contributed by atoms with van der Waals surface area (Å²) < 4.78 is 16.9. The van der Waals surface area contributed by atoms with Crippen molar-refractivity contribution in [2.75, 3.05) is 6.61 Å². The van der Waals surface area contributed by atoms with Crippen LogP contribution in [-0.4, -0.2) is 11.9 Å². The van der Waals surface area contributed by atoms with E-state index in [0.29, 0.717) is 6.61 Å². The van der Waals surface area contributed by atoms with Crippen LogP contribution >= 0.6 is 0 Å². The maximum absolute atomic E-state index is 8.47. The molecule has 0 aromatic carbocycles. The minimum atomic E-state index is -1.81. The van der Waals surface area contributed by atoms with Crippen molar-refractivity contribution < 1.29 is 33.7 Å². The third kappa shape index (κ3) is 35.9. The van der Waals surface area contributed by atoms with Gasteiger partial charge in [0.05, 0.1) is 6.61 Å². The molecular formula is C3H8O4V. The van der Waals surface area contributed by atoms with Gasteiger partial charge in [-0.15, -0.1) is 0 Å². The SMILES string of the molecule is CCCOO.[O]=[V]=[O]. The molecule has 0 aliphatic carbocycles. The first kappa shape index (κ1) is 11.0. The summed E-state index contributed by atoms with van der Waals surface area (Å²) in [6.07, 6.45) is 0.872. The molecule has 49 valence electrons. The first-order chi connectivity index (χ1) is 3.83. The molecular weight excluding hydrogens is 151 g/mol. The average Bonchev–Trinajstić information content (AvgIpc) is 1.71. The fourth-order valence-corrected chi connectivity index (χ4v) is 0.0913. The molecule has 0 radical (unpaired) electrons. The van der Waals surface area contributed by atoms with Crippen LogP contribution in [0, 0.1) is 0 Å². The summed E-state index contributed by atoms with van der Waals surface area (Å²) in [5, 5.41) is 7.57. The van der Waals surface area contributed by atoms with E-state index >= 15 is 0 Å². The second-order valence-electron chi connectivity index (χ2n) is 0.908. The number of rotatable bonds is 2. The van der Waals surface area contributed by atoms with Crippen molar-refractivity contribution in [3.8, 4) is 0 Å². The molecule has 1 N–H and O–H groups in total. The van der Waals surface area contributed by atoms with Crippen LogP contribution in [0.25, 0.3) is 0 Å². The van der Waals surface area contributed by atoms with E-state index in [1.54, 1.807) is 0 Å². The zero-order valence-corrected chi connectivity index (χ0v) is 5.93. The van der Waals surface area contributed by atoms with Gasteiger partial charge in [0.2, 0.25) is 0 Å². The first-order valence-corrected chi connectivity index (χ1v) is 3.18. The first-order valence-electron chi connectivity index (χ1n) is 2.04. The molecule has 0 aliphatic rings. The summed E-state index contributed by atoms with van der Waals surface area (Å²) in [4.78, 5) is 3.69. The van der Waals surface area contributed by atoms with E-state index in [1.807, 2.05) is 6.92 Å². The molecule has 0 saturated heterocycles. The summed E-state index contributed by atoms with van der Waals surface area (Å²) >= 11 is -1.81. The molecule has 0 heterocycles. The van der Waals surface area contributed by atoms with E-state index in [1.165, 1.54) is 0 Å². The Morgan fingerprint density at radius 3 is 2.00 bits per heavy atom. The fourth-order valence-electron chi connectivity index (χ4n) is 0.0913. The fraction of sp³-hybridized carbons (Fsp3) is 1.00. The van der Waals surface area contributed by atoms with Gasteiger partial charge >= 0.3 is 23.5 Å². The van der Waals surface area contributed by atoms with Gasteiger partial charge in [0.15, 0.2) is 0 Å². The molecule has 5 heteroatoms. The maximum atomic E-state index is 8.47. The molecule has 0 spiro atoms.